The predicted octanol–water partition coefficient (Wildman–Crippen LogP) is 5.15. The number of nitrogens with one attached hydrogen (secondary N) is 2. The Kier molecular flexibility index (Phi) is 6.59. The van der Waals surface area contributed by atoms with Gasteiger partial charge in [-0.2, -0.15) is 13.2 Å². The first-order valence-corrected chi connectivity index (χ1v) is 9.26. The molecule has 0 unspecified atom stereocenters. The lowest BCUT2D eigenvalue weighted by molar-refractivity contribution is -0.137. The second kappa shape index (κ2) is 9.34. The van der Waals surface area contributed by atoms with Crippen LogP contribution in [0.5, 0.6) is 5.75 Å². The molecule has 2 amide bonds. The van der Waals surface area contributed by atoms with Crippen LogP contribution in [0, 0.1) is 0 Å². The Morgan fingerprint density at radius 2 is 1.48 bits per heavy atom. The molecule has 0 heterocycles. The van der Waals surface area contributed by atoms with Crippen molar-refractivity contribution < 1.29 is 27.5 Å². The summed E-state index contributed by atoms with van der Waals surface area (Å²) in [7, 11) is 1.55. The number of carbonyl (C=O) groups excluding carboxylic acids is 2. The van der Waals surface area contributed by atoms with E-state index in [1.54, 1.807) is 55.6 Å². The molecule has 0 aliphatic carbocycles. The highest BCUT2D eigenvalue weighted by Crippen LogP contribution is 2.29. The minimum Gasteiger partial charge on any atom is -0.497 e. The van der Waals surface area contributed by atoms with Crippen molar-refractivity contribution in [2.45, 2.75) is 12.6 Å². The van der Waals surface area contributed by atoms with Gasteiger partial charge in [-0.25, -0.2) is 0 Å². The third-order valence-electron chi connectivity index (χ3n) is 4.40. The zero-order chi connectivity index (χ0) is 22.4. The van der Waals surface area contributed by atoms with Gasteiger partial charge in [-0.1, -0.05) is 18.2 Å². The standard InChI is InChI=1S/C23H19F3N2O3/c1-31-20-11-9-19(10-12-20)28-22(30)16-5-7-18(8-6-16)27-21(29)14-15-3-2-4-17(13-15)23(24,25)26/h2-13H,14H2,1H3,(H,27,29)(H,28,30). The minimum absolute atomic E-state index is 0.205. The number of hydrogen-bond donors (Lipinski definition) is 2. The predicted molar refractivity (Wildman–Crippen MR) is 111 cm³/mol. The summed E-state index contributed by atoms with van der Waals surface area (Å²) in [5, 5.41) is 5.36. The van der Waals surface area contributed by atoms with Crippen LogP contribution in [-0.4, -0.2) is 18.9 Å². The van der Waals surface area contributed by atoms with Gasteiger partial charge in [0.25, 0.3) is 5.91 Å². The maximum Gasteiger partial charge on any atom is 0.416 e. The number of halogens is 3. The number of benzene rings is 3. The van der Waals surface area contributed by atoms with E-state index >= 15 is 0 Å². The fourth-order valence-corrected chi connectivity index (χ4v) is 2.83. The van der Waals surface area contributed by atoms with E-state index in [0.29, 0.717) is 22.7 Å². The molecule has 0 saturated heterocycles. The molecular formula is C23H19F3N2O3. The molecule has 3 aromatic carbocycles. The topological polar surface area (TPSA) is 67.4 Å². The highest BCUT2D eigenvalue weighted by Gasteiger charge is 2.30. The molecule has 0 aromatic heterocycles. The lowest BCUT2D eigenvalue weighted by Gasteiger charge is -2.10. The van der Waals surface area contributed by atoms with Crippen LogP contribution in [0.2, 0.25) is 0 Å². The molecule has 0 aliphatic rings. The van der Waals surface area contributed by atoms with Crippen LogP contribution in [0.3, 0.4) is 0 Å². The Balaban J connectivity index is 1.58. The number of anilines is 2. The summed E-state index contributed by atoms with van der Waals surface area (Å²) < 4.78 is 43.4. The Morgan fingerprint density at radius 3 is 2.10 bits per heavy atom. The first-order chi connectivity index (χ1) is 14.7. The first kappa shape index (κ1) is 21.9. The summed E-state index contributed by atoms with van der Waals surface area (Å²) in [6.45, 7) is 0. The van der Waals surface area contributed by atoms with Crippen LogP contribution in [0.25, 0.3) is 0 Å². The second-order valence-electron chi connectivity index (χ2n) is 6.68. The Bertz CT molecular complexity index is 1060. The zero-order valence-electron chi connectivity index (χ0n) is 16.5. The lowest BCUT2D eigenvalue weighted by Crippen LogP contribution is -2.16. The van der Waals surface area contributed by atoms with E-state index in [0.717, 1.165) is 12.1 Å². The van der Waals surface area contributed by atoms with Crippen LogP contribution in [0.1, 0.15) is 21.5 Å². The minimum atomic E-state index is -4.46. The van der Waals surface area contributed by atoms with E-state index in [-0.39, 0.29) is 17.9 Å². The van der Waals surface area contributed by atoms with Gasteiger partial charge in [0.2, 0.25) is 5.91 Å². The molecule has 0 fully saturated rings. The Labute approximate surface area is 176 Å². The van der Waals surface area contributed by atoms with E-state index < -0.39 is 17.6 Å². The van der Waals surface area contributed by atoms with E-state index in [2.05, 4.69) is 10.6 Å². The maximum atomic E-state index is 12.8. The van der Waals surface area contributed by atoms with Gasteiger partial charge in [-0.05, 0) is 60.2 Å². The normalized spacial score (nSPS) is 11.0. The molecule has 31 heavy (non-hydrogen) atoms. The largest absolute Gasteiger partial charge is 0.497 e. The number of alkyl halides is 3. The third kappa shape index (κ3) is 6.08. The van der Waals surface area contributed by atoms with Crippen molar-refractivity contribution in [3.05, 3.63) is 89.5 Å². The van der Waals surface area contributed by atoms with E-state index in [1.807, 2.05) is 0 Å². The van der Waals surface area contributed by atoms with Crippen molar-refractivity contribution in [1.29, 1.82) is 0 Å². The van der Waals surface area contributed by atoms with Crippen LogP contribution >= 0.6 is 0 Å². The smallest absolute Gasteiger partial charge is 0.416 e. The van der Waals surface area contributed by atoms with Crippen molar-refractivity contribution >= 4 is 23.2 Å². The summed E-state index contributed by atoms with van der Waals surface area (Å²) in [4.78, 5) is 24.5. The number of hydrogen-bond acceptors (Lipinski definition) is 3. The Hall–Kier alpha value is -3.81. The molecule has 0 bridgehead atoms. The number of ether oxygens (including phenoxy) is 1. The molecule has 3 aromatic rings. The monoisotopic (exact) mass is 428 g/mol. The van der Waals surface area contributed by atoms with Crippen molar-refractivity contribution in [2.75, 3.05) is 17.7 Å². The molecule has 160 valence electrons. The van der Waals surface area contributed by atoms with Crippen molar-refractivity contribution in [3.8, 4) is 5.75 Å². The fraction of sp³-hybridized carbons (Fsp3) is 0.130. The molecule has 5 nitrogen and oxygen atoms in total. The second-order valence-corrected chi connectivity index (χ2v) is 6.68. The fourth-order valence-electron chi connectivity index (χ4n) is 2.83. The average Bonchev–Trinajstić information content (AvgIpc) is 2.74. The average molecular weight is 428 g/mol. The molecule has 0 saturated carbocycles. The summed E-state index contributed by atoms with van der Waals surface area (Å²) >= 11 is 0. The van der Waals surface area contributed by atoms with E-state index in [1.165, 1.54) is 12.1 Å². The number of amides is 2. The molecule has 0 spiro atoms. The quantitative estimate of drug-likeness (QED) is 0.571. The molecule has 0 radical (unpaired) electrons. The molecule has 8 heteroatoms. The van der Waals surface area contributed by atoms with Crippen molar-refractivity contribution in [3.63, 3.8) is 0 Å². The van der Waals surface area contributed by atoms with Crippen LogP contribution < -0.4 is 15.4 Å². The summed E-state index contributed by atoms with van der Waals surface area (Å²) in [6.07, 6.45) is -4.67. The zero-order valence-corrected chi connectivity index (χ0v) is 16.5. The van der Waals surface area contributed by atoms with Gasteiger partial charge in [-0.15, -0.1) is 0 Å². The van der Waals surface area contributed by atoms with Gasteiger partial charge in [0.1, 0.15) is 5.75 Å². The highest BCUT2D eigenvalue weighted by atomic mass is 19.4. The van der Waals surface area contributed by atoms with Crippen molar-refractivity contribution in [1.82, 2.24) is 0 Å². The van der Waals surface area contributed by atoms with Crippen molar-refractivity contribution in [2.24, 2.45) is 0 Å². The van der Waals surface area contributed by atoms with Crippen LogP contribution in [0.4, 0.5) is 24.5 Å². The first-order valence-electron chi connectivity index (χ1n) is 9.26. The molecule has 0 atom stereocenters. The number of carbonyl (C=O) groups is 2. The van der Waals surface area contributed by atoms with Crippen LogP contribution in [0.15, 0.2) is 72.8 Å². The summed E-state index contributed by atoms with van der Waals surface area (Å²) in [5.41, 5.74) is 0.863. The van der Waals surface area contributed by atoms with Gasteiger partial charge in [-0.3, -0.25) is 9.59 Å². The van der Waals surface area contributed by atoms with Crippen LogP contribution in [-0.2, 0) is 17.4 Å². The number of methoxy groups -OCH3 is 1. The SMILES string of the molecule is COc1ccc(NC(=O)c2ccc(NC(=O)Cc3cccc(C(F)(F)F)c3)cc2)cc1. The number of rotatable bonds is 6. The van der Waals surface area contributed by atoms with Gasteiger partial charge in [0, 0.05) is 16.9 Å². The Morgan fingerprint density at radius 1 is 0.871 bits per heavy atom. The van der Waals surface area contributed by atoms with Gasteiger partial charge in [0.05, 0.1) is 19.1 Å². The molecule has 3 rings (SSSR count). The van der Waals surface area contributed by atoms with Gasteiger partial charge in [0.15, 0.2) is 0 Å². The van der Waals surface area contributed by atoms with Gasteiger partial charge >= 0.3 is 6.18 Å². The molecule has 2 N–H and O–H groups in total. The van der Waals surface area contributed by atoms with E-state index in [4.69, 9.17) is 4.74 Å². The lowest BCUT2D eigenvalue weighted by atomic mass is 10.1. The maximum absolute atomic E-state index is 12.8. The summed E-state index contributed by atoms with van der Waals surface area (Å²) in [5.74, 6) is -0.120. The molecular weight excluding hydrogens is 409 g/mol. The summed E-state index contributed by atoms with van der Waals surface area (Å²) in [6, 6.07) is 17.7. The van der Waals surface area contributed by atoms with E-state index in [9.17, 15) is 22.8 Å². The van der Waals surface area contributed by atoms with Gasteiger partial charge < -0.3 is 15.4 Å². The highest BCUT2D eigenvalue weighted by molar-refractivity contribution is 6.04. The molecule has 0 aliphatic heterocycles. The third-order valence-corrected chi connectivity index (χ3v) is 4.40.